The normalized spacial score (nSPS) is 14.3. The zero-order valence-electron chi connectivity index (χ0n) is 16.7. The third kappa shape index (κ3) is 4.30. The molecule has 0 fully saturated rings. The Labute approximate surface area is 159 Å². The Morgan fingerprint density at radius 2 is 2.04 bits per heavy atom. The molecule has 0 bridgehead atoms. The van der Waals surface area contributed by atoms with Crippen LogP contribution in [0.15, 0.2) is 24.3 Å². The molecule has 7 heteroatoms. The van der Waals surface area contributed by atoms with E-state index in [1.54, 1.807) is 49.9 Å². The highest BCUT2D eigenvalue weighted by molar-refractivity contribution is 5.85. The maximum Gasteiger partial charge on any atom is 0.306 e. The van der Waals surface area contributed by atoms with Crippen molar-refractivity contribution in [1.82, 2.24) is 15.1 Å². The second-order valence-corrected chi connectivity index (χ2v) is 7.05. The van der Waals surface area contributed by atoms with E-state index in [9.17, 15) is 14.7 Å². The van der Waals surface area contributed by atoms with Crippen LogP contribution in [0.4, 0.5) is 0 Å². The molecular formula is C20H27N3O4. The van der Waals surface area contributed by atoms with Crippen LogP contribution in [0.25, 0.3) is 0 Å². The van der Waals surface area contributed by atoms with E-state index in [2.05, 4.69) is 10.4 Å². The molecule has 0 aliphatic rings. The van der Waals surface area contributed by atoms with Gasteiger partial charge in [-0.05, 0) is 45.4 Å². The molecule has 2 unspecified atom stereocenters. The van der Waals surface area contributed by atoms with Gasteiger partial charge in [0.25, 0.3) is 0 Å². The van der Waals surface area contributed by atoms with Gasteiger partial charge in [0, 0.05) is 18.3 Å². The third-order valence-electron chi connectivity index (χ3n) is 5.00. The lowest BCUT2D eigenvalue weighted by Crippen LogP contribution is -2.46. The Morgan fingerprint density at radius 1 is 1.37 bits per heavy atom. The minimum Gasteiger partial charge on any atom is -0.497 e. The number of hydrogen-bond acceptors (Lipinski definition) is 4. The van der Waals surface area contributed by atoms with Gasteiger partial charge in [0.1, 0.15) is 5.75 Å². The molecule has 2 N–H and O–H groups in total. The Kier molecular flexibility index (Phi) is 5.93. The fourth-order valence-electron chi connectivity index (χ4n) is 3.42. The maximum atomic E-state index is 13.0. The first kappa shape index (κ1) is 20.5. The Morgan fingerprint density at radius 3 is 2.56 bits per heavy atom. The van der Waals surface area contributed by atoms with Crippen molar-refractivity contribution in [2.24, 2.45) is 7.05 Å². The number of benzene rings is 1. The number of amides is 1. The average Bonchev–Trinajstić information content (AvgIpc) is 2.85. The van der Waals surface area contributed by atoms with E-state index in [4.69, 9.17) is 4.74 Å². The zero-order valence-corrected chi connectivity index (χ0v) is 16.7. The molecule has 1 heterocycles. The number of nitrogens with zero attached hydrogens (tertiary/aromatic N) is 2. The number of aliphatic carboxylic acids is 1. The number of aryl methyl sites for hydroxylation is 2. The topological polar surface area (TPSA) is 93.4 Å². The van der Waals surface area contributed by atoms with Crippen LogP contribution >= 0.6 is 0 Å². The number of carboxylic acid groups (broad SMARTS) is 1. The van der Waals surface area contributed by atoms with Crippen LogP contribution in [-0.4, -0.2) is 33.9 Å². The van der Waals surface area contributed by atoms with Crippen molar-refractivity contribution >= 4 is 11.9 Å². The molecule has 2 rings (SSSR count). The van der Waals surface area contributed by atoms with Gasteiger partial charge < -0.3 is 15.2 Å². The molecule has 7 nitrogen and oxygen atoms in total. The number of methoxy groups -OCH3 is 1. The average molecular weight is 373 g/mol. The Balaban J connectivity index is 2.37. The van der Waals surface area contributed by atoms with Crippen molar-refractivity contribution in [2.75, 3.05) is 7.11 Å². The predicted molar refractivity (Wildman–Crippen MR) is 102 cm³/mol. The Hall–Kier alpha value is -2.83. The highest BCUT2D eigenvalue weighted by Crippen LogP contribution is 2.30. The summed E-state index contributed by atoms with van der Waals surface area (Å²) < 4.78 is 6.98. The van der Waals surface area contributed by atoms with Gasteiger partial charge in [-0.3, -0.25) is 14.3 Å². The standard InChI is InChI=1S/C20H27N3O4/c1-12(18-13(2)22-23(5)14(18)3)19(26)21-20(4,11-17(24)25)15-8-7-9-16(10-15)27-6/h7-10,12H,11H2,1-6H3,(H,21,26)(H,24,25). The molecule has 2 aromatic rings. The van der Waals surface area contributed by atoms with E-state index in [1.807, 2.05) is 20.9 Å². The van der Waals surface area contributed by atoms with E-state index in [0.29, 0.717) is 11.3 Å². The van der Waals surface area contributed by atoms with E-state index >= 15 is 0 Å². The zero-order chi connectivity index (χ0) is 20.4. The molecule has 0 saturated carbocycles. The number of carboxylic acids is 1. The minimum absolute atomic E-state index is 0.246. The predicted octanol–water partition coefficient (Wildman–Crippen LogP) is 2.66. The van der Waals surface area contributed by atoms with Crippen LogP contribution in [0.3, 0.4) is 0 Å². The molecule has 146 valence electrons. The van der Waals surface area contributed by atoms with Gasteiger partial charge in [-0.15, -0.1) is 0 Å². The number of carbonyl (C=O) groups is 2. The number of ether oxygens (including phenoxy) is 1. The molecule has 27 heavy (non-hydrogen) atoms. The molecule has 1 aromatic carbocycles. The summed E-state index contributed by atoms with van der Waals surface area (Å²) in [5.74, 6) is -1.11. The number of rotatable bonds is 7. The molecule has 0 aliphatic carbocycles. The lowest BCUT2D eigenvalue weighted by atomic mass is 9.87. The lowest BCUT2D eigenvalue weighted by molar-refractivity contribution is -0.139. The van der Waals surface area contributed by atoms with Crippen LogP contribution in [0.2, 0.25) is 0 Å². The number of aromatic nitrogens is 2. The summed E-state index contributed by atoms with van der Waals surface area (Å²) in [4.78, 5) is 24.5. The van der Waals surface area contributed by atoms with Crippen LogP contribution in [0, 0.1) is 13.8 Å². The van der Waals surface area contributed by atoms with Crippen molar-refractivity contribution in [3.8, 4) is 5.75 Å². The fraction of sp³-hybridized carbons (Fsp3) is 0.450. The van der Waals surface area contributed by atoms with Crippen molar-refractivity contribution < 1.29 is 19.4 Å². The van der Waals surface area contributed by atoms with E-state index in [0.717, 1.165) is 17.0 Å². The molecular weight excluding hydrogens is 346 g/mol. The highest BCUT2D eigenvalue weighted by atomic mass is 16.5. The molecule has 0 aliphatic heterocycles. The second kappa shape index (κ2) is 7.82. The number of hydrogen-bond donors (Lipinski definition) is 2. The second-order valence-electron chi connectivity index (χ2n) is 7.05. The molecule has 0 spiro atoms. The number of nitrogens with one attached hydrogen (secondary N) is 1. The lowest BCUT2D eigenvalue weighted by Gasteiger charge is -2.31. The minimum atomic E-state index is -1.07. The van der Waals surface area contributed by atoms with E-state index < -0.39 is 17.4 Å². The first-order chi connectivity index (χ1) is 12.6. The fourth-order valence-corrected chi connectivity index (χ4v) is 3.42. The van der Waals surface area contributed by atoms with Crippen LogP contribution in [0.5, 0.6) is 5.75 Å². The van der Waals surface area contributed by atoms with Gasteiger partial charge in [-0.2, -0.15) is 5.10 Å². The SMILES string of the molecule is COc1cccc(C(C)(CC(=O)O)NC(=O)C(C)c2c(C)nn(C)c2C)c1. The Bertz CT molecular complexity index is 859. The van der Waals surface area contributed by atoms with Gasteiger partial charge in [-0.25, -0.2) is 0 Å². The first-order valence-corrected chi connectivity index (χ1v) is 8.77. The quantitative estimate of drug-likeness (QED) is 0.778. The van der Waals surface area contributed by atoms with Crippen LogP contribution in [0.1, 0.15) is 48.7 Å². The molecule has 0 saturated heterocycles. The summed E-state index contributed by atoms with van der Waals surface area (Å²) in [6.45, 7) is 7.30. The summed E-state index contributed by atoms with van der Waals surface area (Å²) >= 11 is 0. The van der Waals surface area contributed by atoms with Crippen molar-refractivity contribution in [2.45, 2.75) is 45.6 Å². The first-order valence-electron chi connectivity index (χ1n) is 8.77. The summed E-state index contributed by atoms with van der Waals surface area (Å²) in [7, 11) is 3.38. The highest BCUT2D eigenvalue weighted by Gasteiger charge is 2.34. The van der Waals surface area contributed by atoms with E-state index in [1.165, 1.54) is 0 Å². The van der Waals surface area contributed by atoms with Gasteiger partial charge >= 0.3 is 5.97 Å². The summed E-state index contributed by atoms with van der Waals surface area (Å²) in [6.07, 6.45) is -0.246. The monoisotopic (exact) mass is 373 g/mol. The van der Waals surface area contributed by atoms with Crippen molar-refractivity contribution in [3.05, 3.63) is 46.8 Å². The molecule has 1 aromatic heterocycles. The summed E-state index contributed by atoms with van der Waals surface area (Å²) in [5.41, 5.74) is 2.16. The molecule has 1 amide bonds. The van der Waals surface area contributed by atoms with Crippen molar-refractivity contribution in [3.63, 3.8) is 0 Å². The van der Waals surface area contributed by atoms with Gasteiger partial charge in [0.15, 0.2) is 0 Å². The number of carbonyl (C=O) groups excluding carboxylic acids is 1. The summed E-state index contributed by atoms with van der Waals surface area (Å²) in [6, 6.07) is 7.09. The largest absolute Gasteiger partial charge is 0.497 e. The van der Waals surface area contributed by atoms with Gasteiger partial charge in [0.05, 0.1) is 30.7 Å². The van der Waals surface area contributed by atoms with E-state index in [-0.39, 0.29) is 12.3 Å². The van der Waals surface area contributed by atoms with Gasteiger partial charge in [-0.1, -0.05) is 12.1 Å². The van der Waals surface area contributed by atoms with Crippen molar-refractivity contribution in [1.29, 1.82) is 0 Å². The van der Waals surface area contributed by atoms with Crippen LogP contribution in [-0.2, 0) is 22.2 Å². The molecule has 0 radical (unpaired) electrons. The summed E-state index contributed by atoms with van der Waals surface area (Å²) in [5, 5.41) is 16.7. The molecule has 2 atom stereocenters. The smallest absolute Gasteiger partial charge is 0.306 e. The maximum absolute atomic E-state index is 13.0. The van der Waals surface area contributed by atoms with Crippen LogP contribution < -0.4 is 10.1 Å². The van der Waals surface area contributed by atoms with Gasteiger partial charge in [0.2, 0.25) is 5.91 Å². The third-order valence-corrected chi connectivity index (χ3v) is 5.00.